The van der Waals surface area contributed by atoms with E-state index in [0.29, 0.717) is 27.2 Å². The summed E-state index contributed by atoms with van der Waals surface area (Å²) in [6, 6.07) is 4.60. The van der Waals surface area contributed by atoms with Crippen molar-refractivity contribution >= 4 is 44.3 Å². The average molecular weight is 368 g/mol. The third-order valence-corrected chi connectivity index (χ3v) is 3.86. The quantitative estimate of drug-likeness (QED) is 0.670. The normalized spacial score (nSPS) is 11.0. The highest BCUT2D eigenvalue weighted by Crippen LogP contribution is 2.26. The molecule has 2 heterocycles. The van der Waals surface area contributed by atoms with Crippen LogP contribution in [0.2, 0.25) is 5.02 Å². The Kier molecular flexibility index (Phi) is 3.55. The predicted octanol–water partition coefficient (Wildman–Crippen LogP) is 4.66. The Labute approximate surface area is 133 Å². The van der Waals surface area contributed by atoms with Gasteiger partial charge in [-0.1, -0.05) is 11.6 Å². The number of aryl methyl sites for hydroxylation is 1. The number of rotatable bonds is 2. The summed E-state index contributed by atoms with van der Waals surface area (Å²) in [7, 11) is 0. The van der Waals surface area contributed by atoms with Gasteiger partial charge in [0.15, 0.2) is 5.78 Å². The molecule has 2 aromatic heterocycles. The van der Waals surface area contributed by atoms with Crippen LogP contribution in [0.15, 0.2) is 35.1 Å². The first kappa shape index (κ1) is 14.2. The van der Waals surface area contributed by atoms with Crippen molar-refractivity contribution in [2.45, 2.75) is 6.92 Å². The lowest BCUT2D eigenvalue weighted by molar-refractivity contribution is 0.103. The first-order valence-electron chi connectivity index (χ1n) is 6.10. The number of carbonyl (C=O) groups is 1. The Balaban J connectivity index is 2.19. The predicted molar refractivity (Wildman–Crippen MR) is 83.4 cm³/mol. The Morgan fingerprint density at radius 1 is 1.33 bits per heavy atom. The third kappa shape index (κ3) is 2.47. The minimum Gasteiger partial charge on any atom is -0.345 e. The van der Waals surface area contributed by atoms with Gasteiger partial charge in [-0.2, -0.15) is 0 Å². The van der Waals surface area contributed by atoms with Crippen LogP contribution < -0.4 is 0 Å². The van der Waals surface area contributed by atoms with E-state index in [2.05, 4.69) is 25.9 Å². The van der Waals surface area contributed by atoms with Crippen LogP contribution in [-0.4, -0.2) is 15.8 Å². The number of fused-ring (bicyclic) bond motifs is 1. The first-order valence-corrected chi connectivity index (χ1v) is 7.27. The van der Waals surface area contributed by atoms with Crippen LogP contribution in [0.3, 0.4) is 0 Å². The molecular weight excluding hydrogens is 359 g/mol. The molecule has 0 radical (unpaired) electrons. The maximum atomic E-state index is 14.2. The zero-order valence-electron chi connectivity index (χ0n) is 10.9. The summed E-state index contributed by atoms with van der Waals surface area (Å²) in [5, 5.41) is 0.961. The van der Waals surface area contributed by atoms with Gasteiger partial charge in [0.1, 0.15) is 11.5 Å². The van der Waals surface area contributed by atoms with E-state index >= 15 is 0 Å². The molecular formula is C15H9BrClFN2O. The van der Waals surface area contributed by atoms with E-state index in [-0.39, 0.29) is 5.56 Å². The molecule has 1 N–H and O–H groups in total. The highest BCUT2D eigenvalue weighted by atomic mass is 79.9. The number of hydrogen-bond donors (Lipinski definition) is 1. The van der Waals surface area contributed by atoms with E-state index in [1.165, 1.54) is 18.3 Å². The number of pyridine rings is 1. The van der Waals surface area contributed by atoms with E-state index in [4.69, 9.17) is 11.6 Å². The van der Waals surface area contributed by atoms with E-state index in [1.807, 2.05) is 0 Å². The van der Waals surface area contributed by atoms with Crippen LogP contribution >= 0.6 is 27.5 Å². The second kappa shape index (κ2) is 5.24. The molecule has 0 amide bonds. The smallest absolute Gasteiger partial charge is 0.198 e. The van der Waals surface area contributed by atoms with Gasteiger partial charge in [0.2, 0.25) is 0 Å². The summed E-state index contributed by atoms with van der Waals surface area (Å²) in [5.74, 6) is -0.981. The third-order valence-electron chi connectivity index (χ3n) is 3.21. The van der Waals surface area contributed by atoms with Gasteiger partial charge < -0.3 is 4.98 Å². The lowest BCUT2D eigenvalue weighted by atomic mass is 10.0. The number of hydrogen-bond acceptors (Lipinski definition) is 2. The molecule has 0 spiro atoms. The van der Waals surface area contributed by atoms with Crippen molar-refractivity contribution < 1.29 is 9.18 Å². The SMILES string of the molecule is Cc1cc(Cl)cc(C(=O)c2c[nH]c3ncc(Br)cc23)c1F. The topological polar surface area (TPSA) is 45.8 Å². The molecule has 0 aliphatic heterocycles. The second-order valence-corrected chi connectivity index (χ2v) is 6.02. The van der Waals surface area contributed by atoms with Crippen molar-refractivity contribution in [3.63, 3.8) is 0 Å². The van der Waals surface area contributed by atoms with Crippen molar-refractivity contribution in [2.24, 2.45) is 0 Å². The van der Waals surface area contributed by atoms with Gasteiger partial charge in [0.25, 0.3) is 0 Å². The fraction of sp³-hybridized carbons (Fsp3) is 0.0667. The van der Waals surface area contributed by atoms with Gasteiger partial charge >= 0.3 is 0 Å². The van der Waals surface area contributed by atoms with Gasteiger partial charge in [-0.3, -0.25) is 4.79 Å². The van der Waals surface area contributed by atoms with Crippen LogP contribution in [0.4, 0.5) is 4.39 Å². The number of H-pyrrole nitrogens is 1. The summed E-state index contributed by atoms with van der Waals surface area (Å²) < 4.78 is 14.9. The van der Waals surface area contributed by atoms with Gasteiger partial charge in [-0.05, 0) is 46.6 Å². The van der Waals surface area contributed by atoms with Gasteiger partial charge in [-0.25, -0.2) is 9.37 Å². The Bertz CT molecular complexity index is 875. The van der Waals surface area contributed by atoms with Crippen LogP contribution in [-0.2, 0) is 0 Å². The van der Waals surface area contributed by atoms with E-state index in [0.717, 1.165) is 4.47 Å². The number of nitrogens with one attached hydrogen (secondary N) is 1. The Morgan fingerprint density at radius 2 is 2.10 bits per heavy atom. The largest absolute Gasteiger partial charge is 0.345 e. The number of benzene rings is 1. The van der Waals surface area contributed by atoms with Crippen molar-refractivity contribution in [1.29, 1.82) is 0 Å². The summed E-state index contributed by atoms with van der Waals surface area (Å²) >= 11 is 9.24. The monoisotopic (exact) mass is 366 g/mol. The number of nitrogens with zero attached hydrogens (tertiary/aromatic N) is 1. The van der Waals surface area contributed by atoms with Gasteiger partial charge in [0.05, 0.1) is 5.56 Å². The van der Waals surface area contributed by atoms with E-state index in [1.54, 1.807) is 19.2 Å². The molecule has 0 atom stereocenters. The Hall–Kier alpha value is -1.72. The maximum absolute atomic E-state index is 14.2. The molecule has 0 bridgehead atoms. The molecule has 0 aliphatic rings. The van der Waals surface area contributed by atoms with Crippen LogP contribution in [0.1, 0.15) is 21.5 Å². The summed E-state index contributed by atoms with van der Waals surface area (Å²) in [4.78, 5) is 19.7. The standard InChI is InChI=1S/C15H9BrClFN2O/c1-7-2-9(17)4-11(13(7)18)14(21)12-6-20-15-10(12)3-8(16)5-19-15/h2-6H,1H3,(H,19,20). The molecule has 3 rings (SSSR count). The molecule has 0 saturated heterocycles. The molecule has 21 heavy (non-hydrogen) atoms. The van der Waals surface area contributed by atoms with Crippen LogP contribution in [0.25, 0.3) is 11.0 Å². The molecule has 1 aromatic carbocycles. The molecule has 0 aliphatic carbocycles. The molecule has 3 nitrogen and oxygen atoms in total. The molecule has 106 valence electrons. The number of ketones is 1. The lowest BCUT2D eigenvalue weighted by Crippen LogP contribution is -2.05. The summed E-state index contributed by atoms with van der Waals surface area (Å²) in [5.41, 5.74) is 1.23. The molecule has 0 unspecified atom stereocenters. The highest BCUT2D eigenvalue weighted by Gasteiger charge is 2.20. The summed E-state index contributed by atoms with van der Waals surface area (Å²) in [6.45, 7) is 1.57. The molecule has 0 fully saturated rings. The summed E-state index contributed by atoms with van der Waals surface area (Å²) in [6.07, 6.45) is 3.15. The minimum atomic E-state index is -0.554. The maximum Gasteiger partial charge on any atom is 0.198 e. The van der Waals surface area contributed by atoms with Crippen molar-refractivity contribution in [3.05, 3.63) is 62.6 Å². The minimum absolute atomic E-state index is 0.0409. The number of carbonyl (C=O) groups excluding carboxylic acids is 1. The van der Waals surface area contributed by atoms with Crippen LogP contribution in [0, 0.1) is 12.7 Å². The average Bonchev–Trinajstić information content (AvgIpc) is 2.85. The fourth-order valence-corrected chi connectivity index (χ4v) is 2.81. The zero-order chi connectivity index (χ0) is 15.1. The van der Waals surface area contributed by atoms with Gasteiger partial charge in [0, 0.05) is 32.8 Å². The van der Waals surface area contributed by atoms with Gasteiger partial charge in [-0.15, -0.1) is 0 Å². The van der Waals surface area contributed by atoms with Crippen molar-refractivity contribution in [2.75, 3.05) is 0 Å². The fourth-order valence-electron chi connectivity index (χ4n) is 2.20. The second-order valence-electron chi connectivity index (χ2n) is 4.67. The van der Waals surface area contributed by atoms with Crippen LogP contribution in [0.5, 0.6) is 0 Å². The molecule has 6 heteroatoms. The number of aromatic nitrogens is 2. The molecule has 0 saturated carbocycles. The first-order chi connectivity index (χ1) is 9.97. The lowest BCUT2D eigenvalue weighted by Gasteiger charge is -2.05. The van der Waals surface area contributed by atoms with E-state index < -0.39 is 11.6 Å². The number of aromatic amines is 1. The van der Waals surface area contributed by atoms with Crippen molar-refractivity contribution in [3.8, 4) is 0 Å². The molecule has 3 aromatic rings. The van der Waals surface area contributed by atoms with E-state index in [9.17, 15) is 9.18 Å². The van der Waals surface area contributed by atoms with Crippen molar-refractivity contribution in [1.82, 2.24) is 9.97 Å². The zero-order valence-corrected chi connectivity index (χ0v) is 13.2. The number of halogens is 3. The highest BCUT2D eigenvalue weighted by molar-refractivity contribution is 9.10. The Morgan fingerprint density at radius 3 is 2.86 bits per heavy atom.